The summed E-state index contributed by atoms with van der Waals surface area (Å²) in [5.74, 6) is -1.70. The molecule has 0 aromatic rings. The molecule has 0 aromatic carbocycles. The molecule has 102 valence electrons. The first-order valence-electron chi connectivity index (χ1n) is 6.47. The van der Waals surface area contributed by atoms with E-state index in [0.717, 1.165) is 25.7 Å². The topological polar surface area (TPSA) is 76.7 Å². The van der Waals surface area contributed by atoms with Crippen LogP contribution in [-0.2, 0) is 19.1 Å². The number of likely N-dealkylation sites (N-methyl/N-ethyl adjacent to an activating group) is 1. The molecule has 0 radical (unpaired) electrons. The summed E-state index contributed by atoms with van der Waals surface area (Å²) in [7, 11) is 1.42. The van der Waals surface area contributed by atoms with E-state index in [9.17, 15) is 9.59 Å². The summed E-state index contributed by atoms with van der Waals surface area (Å²) in [5, 5.41) is 4.82. The Morgan fingerprint density at radius 2 is 1.94 bits per heavy atom. The van der Waals surface area contributed by atoms with Gasteiger partial charge < -0.3 is 20.1 Å². The van der Waals surface area contributed by atoms with Crippen molar-refractivity contribution in [3.63, 3.8) is 0 Å². The van der Waals surface area contributed by atoms with E-state index in [4.69, 9.17) is 9.47 Å². The van der Waals surface area contributed by atoms with Crippen molar-refractivity contribution >= 4 is 11.8 Å². The van der Waals surface area contributed by atoms with E-state index >= 15 is 0 Å². The molecular formula is C12H20N2O4. The van der Waals surface area contributed by atoms with Gasteiger partial charge >= 0.3 is 11.8 Å². The lowest BCUT2D eigenvalue weighted by molar-refractivity contribution is -0.186. The first kappa shape index (κ1) is 13.3. The Bertz CT molecular complexity index is 326. The number of rotatable bonds is 2. The third-order valence-corrected chi connectivity index (χ3v) is 3.45. The smallest absolute Gasteiger partial charge is 0.309 e. The Kier molecular flexibility index (Phi) is 4.19. The number of hydrogen-bond donors (Lipinski definition) is 2. The van der Waals surface area contributed by atoms with Gasteiger partial charge in [0.15, 0.2) is 5.79 Å². The molecule has 2 fully saturated rings. The molecule has 2 rings (SSSR count). The van der Waals surface area contributed by atoms with Crippen LogP contribution >= 0.6 is 0 Å². The standard InChI is InChI=1S/C12H20N2O4/c1-13-10(15)11(16)14-7-9-8-17-12(18-9)5-3-2-4-6-12/h9H,2-8H2,1H3,(H,13,15)(H,14,16)/t9-/m1/s1. The molecule has 1 saturated heterocycles. The van der Waals surface area contributed by atoms with Crippen LogP contribution < -0.4 is 10.6 Å². The highest BCUT2D eigenvalue weighted by Crippen LogP contribution is 2.37. The van der Waals surface area contributed by atoms with Gasteiger partial charge in [0.2, 0.25) is 0 Å². The van der Waals surface area contributed by atoms with Crippen LogP contribution in [0.2, 0.25) is 0 Å². The van der Waals surface area contributed by atoms with Gasteiger partial charge in [-0.2, -0.15) is 0 Å². The van der Waals surface area contributed by atoms with Crippen LogP contribution in [0.5, 0.6) is 0 Å². The zero-order valence-electron chi connectivity index (χ0n) is 10.7. The molecule has 2 N–H and O–H groups in total. The number of carbonyl (C=O) groups excluding carboxylic acids is 2. The van der Waals surface area contributed by atoms with Crippen molar-refractivity contribution in [1.29, 1.82) is 0 Å². The van der Waals surface area contributed by atoms with E-state index in [1.54, 1.807) is 0 Å². The van der Waals surface area contributed by atoms with Gasteiger partial charge in [-0.15, -0.1) is 0 Å². The Morgan fingerprint density at radius 1 is 1.22 bits per heavy atom. The number of carbonyl (C=O) groups is 2. The van der Waals surface area contributed by atoms with E-state index < -0.39 is 17.6 Å². The molecule has 6 heteroatoms. The second-order valence-corrected chi connectivity index (χ2v) is 4.81. The minimum atomic E-state index is -0.638. The highest BCUT2D eigenvalue weighted by atomic mass is 16.7. The van der Waals surface area contributed by atoms with Gasteiger partial charge in [-0.1, -0.05) is 6.42 Å². The van der Waals surface area contributed by atoms with Crippen LogP contribution in [-0.4, -0.2) is 43.9 Å². The third kappa shape index (κ3) is 3.00. The summed E-state index contributed by atoms with van der Waals surface area (Å²) in [6.07, 6.45) is 5.16. The van der Waals surface area contributed by atoms with Gasteiger partial charge in [0.1, 0.15) is 6.10 Å². The van der Waals surface area contributed by atoms with E-state index in [1.165, 1.54) is 13.5 Å². The van der Waals surface area contributed by atoms with E-state index in [1.807, 2.05) is 0 Å². The summed E-state index contributed by atoms with van der Waals surface area (Å²) in [6.45, 7) is 0.794. The van der Waals surface area contributed by atoms with Gasteiger partial charge in [-0.05, 0) is 12.8 Å². The molecule has 1 heterocycles. The van der Waals surface area contributed by atoms with Crippen LogP contribution in [0.3, 0.4) is 0 Å². The second-order valence-electron chi connectivity index (χ2n) is 4.81. The predicted octanol–water partition coefficient (Wildman–Crippen LogP) is -0.0756. The molecule has 2 aliphatic rings. The minimum Gasteiger partial charge on any atom is -0.351 e. The lowest BCUT2D eigenvalue weighted by Gasteiger charge is -2.31. The Morgan fingerprint density at radius 3 is 2.61 bits per heavy atom. The van der Waals surface area contributed by atoms with Crippen LogP contribution in [0.25, 0.3) is 0 Å². The van der Waals surface area contributed by atoms with Crippen molar-refractivity contribution in [2.45, 2.75) is 44.0 Å². The van der Waals surface area contributed by atoms with E-state index in [-0.39, 0.29) is 6.10 Å². The fourth-order valence-corrected chi connectivity index (χ4v) is 2.47. The normalized spacial score (nSPS) is 25.9. The molecule has 0 aromatic heterocycles. The first-order chi connectivity index (χ1) is 8.65. The summed E-state index contributed by atoms with van der Waals surface area (Å²) in [4.78, 5) is 22.3. The molecule has 6 nitrogen and oxygen atoms in total. The summed E-state index contributed by atoms with van der Waals surface area (Å²) >= 11 is 0. The van der Waals surface area contributed by atoms with Gasteiger partial charge in [0, 0.05) is 26.4 Å². The minimum absolute atomic E-state index is 0.156. The number of ether oxygens (including phenoxy) is 2. The molecule has 2 amide bonds. The summed E-state index contributed by atoms with van der Waals surface area (Å²) in [5.41, 5.74) is 0. The van der Waals surface area contributed by atoms with Gasteiger partial charge in [-0.25, -0.2) is 0 Å². The summed E-state index contributed by atoms with van der Waals surface area (Å²) < 4.78 is 11.6. The van der Waals surface area contributed by atoms with E-state index in [2.05, 4.69) is 10.6 Å². The molecule has 1 atom stereocenters. The SMILES string of the molecule is CNC(=O)C(=O)NC[C@@H]1COC2(CCCCC2)O1. The molecule has 0 unspecified atom stereocenters. The Hall–Kier alpha value is -1.14. The van der Waals surface area contributed by atoms with Crippen molar-refractivity contribution in [2.24, 2.45) is 0 Å². The number of amides is 2. The molecule has 1 aliphatic heterocycles. The van der Waals surface area contributed by atoms with Crippen LogP contribution in [0, 0.1) is 0 Å². The predicted molar refractivity (Wildman–Crippen MR) is 63.7 cm³/mol. The van der Waals surface area contributed by atoms with Crippen LogP contribution in [0.1, 0.15) is 32.1 Å². The molecular weight excluding hydrogens is 236 g/mol. The largest absolute Gasteiger partial charge is 0.351 e. The monoisotopic (exact) mass is 256 g/mol. The number of hydrogen-bond acceptors (Lipinski definition) is 4. The molecule has 1 saturated carbocycles. The maximum absolute atomic E-state index is 11.3. The molecule has 1 aliphatic carbocycles. The average molecular weight is 256 g/mol. The lowest BCUT2D eigenvalue weighted by Crippen LogP contribution is -2.42. The van der Waals surface area contributed by atoms with Gasteiger partial charge in [-0.3, -0.25) is 9.59 Å². The maximum Gasteiger partial charge on any atom is 0.309 e. The fourth-order valence-electron chi connectivity index (χ4n) is 2.47. The zero-order valence-corrected chi connectivity index (χ0v) is 10.7. The molecule has 18 heavy (non-hydrogen) atoms. The third-order valence-electron chi connectivity index (χ3n) is 3.45. The maximum atomic E-state index is 11.3. The second kappa shape index (κ2) is 5.67. The summed E-state index contributed by atoms with van der Waals surface area (Å²) in [6, 6.07) is 0. The lowest BCUT2D eigenvalue weighted by atomic mass is 9.94. The zero-order chi connectivity index (χ0) is 13.0. The van der Waals surface area contributed by atoms with Crippen molar-refractivity contribution in [2.75, 3.05) is 20.2 Å². The van der Waals surface area contributed by atoms with Crippen molar-refractivity contribution in [3.8, 4) is 0 Å². The van der Waals surface area contributed by atoms with Gasteiger partial charge in [0.05, 0.1) is 6.61 Å². The number of nitrogens with one attached hydrogen (secondary N) is 2. The van der Waals surface area contributed by atoms with E-state index in [0.29, 0.717) is 13.2 Å². The highest BCUT2D eigenvalue weighted by molar-refractivity contribution is 6.35. The van der Waals surface area contributed by atoms with Crippen LogP contribution in [0.4, 0.5) is 0 Å². The van der Waals surface area contributed by atoms with Gasteiger partial charge in [0.25, 0.3) is 0 Å². The van der Waals surface area contributed by atoms with Crippen molar-refractivity contribution in [3.05, 3.63) is 0 Å². The first-order valence-corrected chi connectivity index (χ1v) is 6.47. The average Bonchev–Trinajstić information content (AvgIpc) is 2.79. The molecule has 0 bridgehead atoms. The van der Waals surface area contributed by atoms with Crippen molar-refractivity contribution in [1.82, 2.24) is 10.6 Å². The quantitative estimate of drug-likeness (QED) is 0.678. The Labute approximate surface area is 106 Å². The van der Waals surface area contributed by atoms with Crippen LogP contribution in [0.15, 0.2) is 0 Å². The Balaban J connectivity index is 1.76. The fraction of sp³-hybridized carbons (Fsp3) is 0.833. The highest BCUT2D eigenvalue weighted by Gasteiger charge is 2.42. The van der Waals surface area contributed by atoms with Crippen molar-refractivity contribution < 1.29 is 19.1 Å². The molecule has 1 spiro atoms.